The fraction of sp³-hybridized carbons (Fsp3) is 0.897. The van der Waals surface area contributed by atoms with Gasteiger partial charge in [-0.3, -0.25) is 37.3 Å². The number of phosphoric acid groups is 2. The van der Waals surface area contributed by atoms with Crippen LogP contribution in [0.25, 0.3) is 0 Å². The number of ether oxygens (including phenoxy) is 4. The molecule has 0 saturated heterocycles. The highest BCUT2D eigenvalue weighted by Crippen LogP contribution is 2.45. The largest absolute Gasteiger partial charge is 0.472 e. The Hall–Kier alpha value is -2.46. The van der Waals surface area contributed by atoms with Gasteiger partial charge in [0.05, 0.1) is 26.4 Å². The van der Waals surface area contributed by atoms with Crippen molar-refractivity contribution in [2.45, 2.75) is 394 Å². The molecular formula is C78H148O17P2. The van der Waals surface area contributed by atoms with Crippen LogP contribution < -0.4 is 0 Å². The summed E-state index contributed by atoms with van der Waals surface area (Å²) >= 11 is 0. The molecule has 0 aliphatic heterocycles. The first-order valence-electron chi connectivity index (χ1n) is 39.7. The van der Waals surface area contributed by atoms with Crippen molar-refractivity contribution in [1.29, 1.82) is 0 Å². The highest BCUT2D eigenvalue weighted by atomic mass is 31.2. The van der Waals surface area contributed by atoms with Gasteiger partial charge in [0, 0.05) is 25.7 Å². The van der Waals surface area contributed by atoms with Gasteiger partial charge in [0.25, 0.3) is 0 Å². The Bertz CT molecular complexity index is 1990. The number of aliphatic hydroxyl groups is 1. The minimum atomic E-state index is -4.96. The average Bonchev–Trinajstić information content (AvgIpc) is 1.21. The summed E-state index contributed by atoms with van der Waals surface area (Å²) in [7, 11) is -9.93. The number of hydrogen-bond acceptors (Lipinski definition) is 15. The minimum absolute atomic E-state index is 0.0840. The van der Waals surface area contributed by atoms with E-state index < -0.39 is 97.5 Å². The second kappa shape index (κ2) is 68.0. The number of unbranched alkanes of at least 4 members (excludes halogenated alkanes) is 37. The van der Waals surface area contributed by atoms with Gasteiger partial charge in [-0.1, -0.05) is 323 Å². The molecule has 0 rings (SSSR count). The maximum Gasteiger partial charge on any atom is 0.472 e. The van der Waals surface area contributed by atoms with Crippen LogP contribution >= 0.6 is 15.6 Å². The average molecular weight is 1420 g/mol. The molecular weight excluding hydrogens is 1270 g/mol. The topological polar surface area (TPSA) is 237 Å². The second-order valence-corrected chi connectivity index (χ2v) is 31.3. The smallest absolute Gasteiger partial charge is 0.462 e. The Morgan fingerprint density at radius 3 is 0.918 bits per heavy atom. The number of phosphoric ester groups is 2. The van der Waals surface area contributed by atoms with Crippen molar-refractivity contribution in [1.82, 2.24) is 0 Å². The zero-order chi connectivity index (χ0) is 71.6. The number of esters is 4. The van der Waals surface area contributed by atoms with E-state index in [2.05, 4.69) is 72.8 Å². The molecule has 0 aromatic rings. The summed E-state index contributed by atoms with van der Waals surface area (Å²) in [5, 5.41) is 10.6. The third-order valence-electron chi connectivity index (χ3n) is 18.2. The zero-order valence-corrected chi connectivity index (χ0v) is 64.8. The normalized spacial score (nSPS) is 14.8. The fourth-order valence-electron chi connectivity index (χ4n) is 11.4. The molecule has 7 atom stereocenters. The summed E-state index contributed by atoms with van der Waals surface area (Å²) in [5.74, 6) is 0.205. The van der Waals surface area contributed by atoms with Gasteiger partial charge in [-0.2, -0.15) is 0 Å². The Morgan fingerprint density at radius 2 is 0.608 bits per heavy atom. The van der Waals surface area contributed by atoms with E-state index >= 15 is 0 Å². The Kier molecular flexibility index (Phi) is 66.3. The molecule has 572 valence electrons. The first-order chi connectivity index (χ1) is 46.8. The Morgan fingerprint density at radius 1 is 0.340 bits per heavy atom. The molecule has 0 spiro atoms. The molecule has 5 unspecified atom stereocenters. The van der Waals surface area contributed by atoms with Crippen molar-refractivity contribution in [3.05, 3.63) is 24.3 Å². The molecule has 0 aromatic heterocycles. The summed E-state index contributed by atoms with van der Waals surface area (Å²) in [5.41, 5.74) is 0. The van der Waals surface area contributed by atoms with Crippen LogP contribution in [-0.2, 0) is 65.4 Å². The van der Waals surface area contributed by atoms with Crippen LogP contribution in [0.2, 0.25) is 0 Å². The van der Waals surface area contributed by atoms with Crippen LogP contribution in [0.1, 0.15) is 376 Å². The van der Waals surface area contributed by atoms with Gasteiger partial charge >= 0.3 is 39.5 Å². The van der Waals surface area contributed by atoms with Crippen molar-refractivity contribution in [2.75, 3.05) is 39.6 Å². The SMILES string of the molecule is CCCCCC/C=C\C=C/CCCCCCCC(=O)O[C@H](COC(=O)CCCCCCCCCC(C)C)COP(=O)(O)OCC(O)COP(=O)(O)OC[C@@H](COC(=O)CCCCCCCCCCCCCCCCC(C)CC)OC(=O)CCCCCCCCCCCCC(C)CC. The van der Waals surface area contributed by atoms with E-state index in [4.69, 9.17) is 37.0 Å². The van der Waals surface area contributed by atoms with E-state index in [1.807, 2.05) is 0 Å². The summed E-state index contributed by atoms with van der Waals surface area (Å²) < 4.78 is 68.5. The monoisotopic (exact) mass is 1420 g/mol. The van der Waals surface area contributed by atoms with E-state index in [1.54, 1.807) is 0 Å². The zero-order valence-electron chi connectivity index (χ0n) is 63.0. The van der Waals surface area contributed by atoms with E-state index in [-0.39, 0.29) is 25.7 Å². The molecule has 0 fully saturated rings. The third kappa shape index (κ3) is 69.1. The summed E-state index contributed by atoms with van der Waals surface area (Å²) in [6, 6.07) is 0. The van der Waals surface area contributed by atoms with E-state index in [1.165, 1.54) is 167 Å². The Labute approximate surface area is 592 Å². The van der Waals surface area contributed by atoms with E-state index in [0.29, 0.717) is 31.6 Å². The molecule has 0 aliphatic rings. The number of allylic oxidation sites excluding steroid dienone is 4. The molecule has 0 bridgehead atoms. The number of aliphatic hydroxyl groups excluding tert-OH is 1. The van der Waals surface area contributed by atoms with E-state index in [9.17, 15) is 43.2 Å². The molecule has 0 amide bonds. The third-order valence-corrected chi connectivity index (χ3v) is 20.1. The predicted octanol–water partition coefficient (Wildman–Crippen LogP) is 22.5. The summed E-state index contributed by atoms with van der Waals surface area (Å²) in [6.07, 6.45) is 57.6. The second-order valence-electron chi connectivity index (χ2n) is 28.4. The van der Waals surface area contributed by atoms with Gasteiger partial charge in [-0.25, -0.2) is 9.13 Å². The van der Waals surface area contributed by atoms with Crippen LogP contribution in [0.15, 0.2) is 24.3 Å². The number of rotatable bonds is 74. The van der Waals surface area contributed by atoms with Gasteiger partial charge in [0.2, 0.25) is 0 Å². The molecule has 0 heterocycles. The predicted molar refractivity (Wildman–Crippen MR) is 395 cm³/mol. The number of carbonyl (C=O) groups is 4. The molecule has 19 heteroatoms. The van der Waals surface area contributed by atoms with Crippen molar-refractivity contribution in [3.8, 4) is 0 Å². The maximum absolute atomic E-state index is 13.1. The minimum Gasteiger partial charge on any atom is -0.462 e. The van der Waals surface area contributed by atoms with Crippen LogP contribution in [0.3, 0.4) is 0 Å². The van der Waals surface area contributed by atoms with Crippen LogP contribution in [0, 0.1) is 17.8 Å². The number of hydrogen-bond donors (Lipinski definition) is 3. The lowest BCUT2D eigenvalue weighted by Crippen LogP contribution is -2.30. The molecule has 17 nitrogen and oxygen atoms in total. The first-order valence-corrected chi connectivity index (χ1v) is 42.7. The van der Waals surface area contributed by atoms with Crippen molar-refractivity contribution >= 4 is 39.5 Å². The highest BCUT2D eigenvalue weighted by Gasteiger charge is 2.30. The summed E-state index contributed by atoms with van der Waals surface area (Å²) in [4.78, 5) is 72.9. The van der Waals surface area contributed by atoms with Gasteiger partial charge in [-0.05, 0) is 69.1 Å². The molecule has 0 saturated carbocycles. The lowest BCUT2D eigenvalue weighted by atomic mass is 9.99. The molecule has 0 radical (unpaired) electrons. The molecule has 3 N–H and O–H groups in total. The van der Waals surface area contributed by atoms with Crippen LogP contribution in [0.4, 0.5) is 0 Å². The van der Waals surface area contributed by atoms with Crippen molar-refractivity contribution in [2.24, 2.45) is 17.8 Å². The van der Waals surface area contributed by atoms with Crippen molar-refractivity contribution in [3.63, 3.8) is 0 Å². The van der Waals surface area contributed by atoms with Crippen LogP contribution in [0.5, 0.6) is 0 Å². The van der Waals surface area contributed by atoms with E-state index in [0.717, 1.165) is 121 Å². The molecule has 0 aliphatic carbocycles. The molecule has 97 heavy (non-hydrogen) atoms. The Balaban J connectivity index is 5.28. The standard InChI is InChI=1S/C78H148O17P2/c1-8-11-12-13-14-15-16-17-18-23-26-32-39-47-54-61-77(82)95-74(66-89-76(81)60-53-46-41-34-35-42-49-56-69(4)5)68-93-97(86,87)91-64-72(79)63-90-96(84,85)92-67-73(94-78(83)62-55-48-40-33-28-27-30-37-44-51-58-71(7)10-3)65-88-75(80)59-52-45-38-31-25-22-20-19-21-24-29-36-43-50-57-70(6)9-2/h15-18,69-74,79H,8-14,19-68H2,1-7H3,(H,84,85)(H,86,87)/b16-15-,18-17-/t70?,71?,72?,73-,74-/m1/s1. The quantitative estimate of drug-likeness (QED) is 0.0169. The van der Waals surface area contributed by atoms with Gasteiger partial charge in [-0.15, -0.1) is 0 Å². The number of carbonyl (C=O) groups excluding carboxylic acids is 4. The lowest BCUT2D eigenvalue weighted by Gasteiger charge is -2.21. The van der Waals surface area contributed by atoms with Gasteiger partial charge < -0.3 is 33.8 Å². The lowest BCUT2D eigenvalue weighted by molar-refractivity contribution is -0.161. The van der Waals surface area contributed by atoms with Gasteiger partial charge in [0.1, 0.15) is 19.3 Å². The highest BCUT2D eigenvalue weighted by molar-refractivity contribution is 7.47. The molecule has 0 aromatic carbocycles. The summed E-state index contributed by atoms with van der Waals surface area (Å²) in [6.45, 7) is 11.9. The van der Waals surface area contributed by atoms with Crippen molar-refractivity contribution < 1.29 is 80.2 Å². The first kappa shape index (κ1) is 94.5. The van der Waals surface area contributed by atoms with Gasteiger partial charge in [0.15, 0.2) is 12.2 Å². The van der Waals surface area contributed by atoms with Crippen LogP contribution in [-0.4, -0.2) is 96.7 Å². The fourth-order valence-corrected chi connectivity index (χ4v) is 12.9. The maximum atomic E-state index is 13.1.